The van der Waals surface area contributed by atoms with Crippen LogP contribution in [-0.2, 0) is 36.0 Å². The van der Waals surface area contributed by atoms with Crippen molar-refractivity contribution in [2.24, 2.45) is 5.92 Å². The smallest absolute Gasteiger partial charge is 0.481 e. The maximum absolute atomic E-state index is 13.3. The van der Waals surface area contributed by atoms with E-state index >= 15 is 0 Å². The number of carboxylic acids is 1. The molecule has 2 atom stereocenters. The third kappa shape index (κ3) is 7.58. The fraction of sp³-hybridized carbons (Fsp3) is 0.350. The van der Waals surface area contributed by atoms with Gasteiger partial charge in [0.1, 0.15) is 11.2 Å². The number of amides is 2. The number of thioether (sulfide) groups is 1. The molecule has 2 N–H and O–H groups in total. The van der Waals surface area contributed by atoms with Crippen LogP contribution >= 0.6 is 23.4 Å². The number of carboxylic acid groups (broad SMARTS) is 1. The van der Waals surface area contributed by atoms with Gasteiger partial charge in [0.15, 0.2) is 0 Å². The van der Waals surface area contributed by atoms with Crippen LogP contribution in [0.1, 0.15) is 60.6 Å². The Kier molecular flexibility index (Phi) is 10.7. The lowest BCUT2D eigenvalue weighted by molar-refractivity contribution is -0.274. The minimum absolute atomic E-state index is 0.0652. The van der Waals surface area contributed by atoms with E-state index in [4.69, 9.17) is 11.6 Å². The van der Waals surface area contributed by atoms with Crippen LogP contribution in [-0.4, -0.2) is 46.7 Å². The molecular formula is C40H40ClF3N2O4S. The second kappa shape index (κ2) is 14.8. The maximum atomic E-state index is 13.3. The molecule has 0 heterocycles. The molecule has 0 spiro atoms. The molecule has 11 heteroatoms. The Morgan fingerprint density at radius 2 is 1.73 bits per heavy atom. The van der Waals surface area contributed by atoms with Gasteiger partial charge in [-0.1, -0.05) is 80.0 Å². The molecule has 0 saturated carbocycles. The van der Waals surface area contributed by atoms with E-state index in [0.29, 0.717) is 35.7 Å². The summed E-state index contributed by atoms with van der Waals surface area (Å²) in [6.45, 7) is 6.50. The normalized spacial score (nSPS) is 16.1. The molecule has 2 aliphatic carbocycles. The summed E-state index contributed by atoms with van der Waals surface area (Å²) in [4.78, 5) is 29.2. The molecule has 6 nitrogen and oxygen atoms in total. The van der Waals surface area contributed by atoms with Crippen LogP contribution in [0.2, 0.25) is 5.02 Å². The van der Waals surface area contributed by atoms with E-state index in [1.165, 1.54) is 41.6 Å². The van der Waals surface area contributed by atoms with Crippen LogP contribution in [0.4, 0.5) is 18.0 Å². The summed E-state index contributed by atoms with van der Waals surface area (Å²) in [6.07, 6.45) is -1.97. The number of ether oxygens (including phenoxy) is 1. The first-order chi connectivity index (χ1) is 24.3. The summed E-state index contributed by atoms with van der Waals surface area (Å²) in [5.74, 6) is -1.04. The second-order valence-corrected chi connectivity index (χ2v) is 14.9. The van der Waals surface area contributed by atoms with Crippen molar-refractivity contribution in [3.8, 4) is 16.9 Å². The highest BCUT2D eigenvalue weighted by molar-refractivity contribution is 7.99. The molecule has 0 aliphatic heterocycles. The molecule has 0 bridgehead atoms. The number of aliphatic carboxylic acids is 1. The zero-order valence-corrected chi connectivity index (χ0v) is 30.2. The quantitative estimate of drug-likeness (QED) is 0.132. The number of aryl methyl sites for hydroxylation is 1. The van der Waals surface area contributed by atoms with Gasteiger partial charge in [0, 0.05) is 29.8 Å². The standard InChI is InChI=1S/C40H40ClF3N2O4S/c1-4-46(38(49)45-22-25-12-16-30(17-13-25)50-40(42,43)44)29-15-14-26-21-36(35(41)20-28(26)18-29)51-23-39(24(2)3,37(47)48)34-11-7-10-32-31-9-6-5-8-27(31)19-33(32)34/h5-13,16-17,20-21,24,29H,4,14-15,18-19,22-23H2,1-3H3,(H,45,49)(H,47,48). The largest absolute Gasteiger partial charge is 0.573 e. The van der Waals surface area contributed by atoms with Crippen LogP contribution in [0.15, 0.2) is 83.8 Å². The van der Waals surface area contributed by atoms with Crippen molar-refractivity contribution in [3.05, 3.63) is 117 Å². The Hall–Kier alpha value is -4.15. The minimum Gasteiger partial charge on any atom is -0.481 e. The van der Waals surface area contributed by atoms with Crippen LogP contribution in [0.3, 0.4) is 0 Å². The fourth-order valence-electron chi connectivity index (χ4n) is 7.52. The number of urea groups is 1. The molecule has 51 heavy (non-hydrogen) atoms. The summed E-state index contributed by atoms with van der Waals surface area (Å²) in [5.41, 5.74) is 7.10. The molecule has 0 radical (unpaired) electrons. The van der Waals surface area contributed by atoms with Crippen molar-refractivity contribution in [1.82, 2.24) is 10.2 Å². The highest BCUT2D eigenvalue weighted by Gasteiger charge is 2.46. The zero-order valence-electron chi connectivity index (χ0n) is 28.6. The third-order valence-electron chi connectivity index (χ3n) is 10.3. The molecule has 2 amide bonds. The topological polar surface area (TPSA) is 78.9 Å². The average Bonchev–Trinajstić information content (AvgIpc) is 3.47. The van der Waals surface area contributed by atoms with Crippen molar-refractivity contribution >= 4 is 35.4 Å². The number of benzene rings is 4. The molecule has 2 aliphatic rings. The van der Waals surface area contributed by atoms with Gasteiger partial charge in [-0.2, -0.15) is 0 Å². The fourth-order valence-corrected chi connectivity index (χ4v) is 9.28. The van der Waals surface area contributed by atoms with E-state index in [0.717, 1.165) is 51.1 Å². The molecule has 0 aromatic heterocycles. The van der Waals surface area contributed by atoms with E-state index in [-0.39, 0.29) is 30.3 Å². The lowest BCUT2D eigenvalue weighted by atomic mass is 9.71. The number of alkyl halides is 3. The lowest BCUT2D eigenvalue weighted by Gasteiger charge is -2.36. The summed E-state index contributed by atoms with van der Waals surface area (Å²) in [5, 5.41) is 14.4. The molecule has 0 fully saturated rings. The number of nitrogens with zero attached hydrogens (tertiary/aromatic N) is 1. The van der Waals surface area contributed by atoms with Gasteiger partial charge in [-0.05, 0) is 107 Å². The molecule has 2 unspecified atom stereocenters. The average molecular weight is 737 g/mol. The number of likely N-dealkylation sites (N-methyl/N-ethyl adjacent to an activating group) is 1. The van der Waals surface area contributed by atoms with Crippen molar-refractivity contribution in [2.75, 3.05) is 12.3 Å². The summed E-state index contributed by atoms with van der Waals surface area (Å²) in [6, 6.07) is 23.4. The Bertz CT molecular complexity index is 1930. The minimum atomic E-state index is -4.77. The Balaban J connectivity index is 1.15. The predicted molar refractivity (Wildman–Crippen MR) is 195 cm³/mol. The summed E-state index contributed by atoms with van der Waals surface area (Å²) in [7, 11) is 0. The van der Waals surface area contributed by atoms with E-state index in [9.17, 15) is 27.9 Å². The van der Waals surface area contributed by atoms with Crippen molar-refractivity contribution in [3.63, 3.8) is 0 Å². The van der Waals surface area contributed by atoms with Gasteiger partial charge in [0.05, 0.1) is 5.02 Å². The van der Waals surface area contributed by atoms with Crippen molar-refractivity contribution < 1.29 is 32.6 Å². The monoisotopic (exact) mass is 736 g/mol. The van der Waals surface area contributed by atoms with Crippen LogP contribution in [0.5, 0.6) is 5.75 Å². The first kappa shape index (κ1) is 36.6. The number of hydrogen-bond donors (Lipinski definition) is 2. The zero-order chi connectivity index (χ0) is 36.5. The van der Waals surface area contributed by atoms with E-state index < -0.39 is 17.7 Å². The SMILES string of the molecule is CCN(C(=O)NCc1ccc(OC(F)(F)F)cc1)C1CCc2cc(SCC(C(=O)O)(c3cccc4c3Cc3ccccc3-4)C(C)C)c(Cl)cc2C1. The molecule has 6 rings (SSSR count). The highest BCUT2D eigenvalue weighted by Crippen LogP contribution is 2.47. The lowest BCUT2D eigenvalue weighted by Crippen LogP contribution is -2.48. The molecule has 268 valence electrons. The van der Waals surface area contributed by atoms with Crippen LogP contribution in [0.25, 0.3) is 11.1 Å². The highest BCUT2D eigenvalue weighted by atomic mass is 35.5. The van der Waals surface area contributed by atoms with E-state index in [1.54, 1.807) is 4.90 Å². The molecule has 4 aromatic rings. The van der Waals surface area contributed by atoms with Crippen LogP contribution in [0, 0.1) is 5.92 Å². The number of carbonyl (C=O) groups excluding carboxylic acids is 1. The first-order valence-electron chi connectivity index (χ1n) is 17.1. The van der Waals surface area contributed by atoms with E-state index in [2.05, 4.69) is 34.3 Å². The maximum Gasteiger partial charge on any atom is 0.573 e. The molecule has 0 saturated heterocycles. The van der Waals surface area contributed by atoms with Gasteiger partial charge >= 0.3 is 18.4 Å². The number of fused-ring (bicyclic) bond motifs is 4. The van der Waals surface area contributed by atoms with Gasteiger partial charge < -0.3 is 20.1 Å². The Labute approximate surface area is 305 Å². The van der Waals surface area contributed by atoms with Gasteiger partial charge in [-0.3, -0.25) is 4.79 Å². The van der Waals surface area contributed by atoms with Gasteiger partial charge in [-0.15, -0.1) is 24.9 Å². The second-order valence-electron chi connectivity index (χ2n) is 13.5. The number of rotatable bonds is 11. The summed E-state index contributed by atoms with van der Waals surface area (Å²) >= 11 is 8.39. The van der Waals surface area contributed by atoms with Gasteiger partial charge in [0.25, 0.3) is 0 Å². The van der Waals surface area contributed by atoms with Gasteiger partial charge in [0.2, 0.25) is 0 Å². The molecular weight excluding hydrogens is 697 g/mol. The third-order valence-corrected chi connectivity index (χ3v) is 11.9. The Morgan fingerprint density at radius 1 is 1.00 bits per heavy atom. The van der Waals surface area contributed by atoms with Crippen LogP contribution < -0.4 is 10.1 Å². The van der Waals surface area contributed by atoms with Crippen molar-refractivity contribution in [2.45, 2.75) is 75.7 Å². The molecule has 4 aromatic carbocycles. The predicted octanol–water partition coefficient (Wildman–Crippen LogP) is 9.67. The van der Waals surface area contributed by atoms with E-state index in [1.807, 2.05) is 51.1 Å². The van der Waals surface area contributed by atoms with Gasteiger partial charge in [-0.25, -0.2) is 4.79 Å². The number of nitrogens with one attached hydrogen (secondary N) is 1. The number of halogens is 4. The number of hydrogen-bond acceptors (Lipinski definition) is 4. The number of carbonyl (C=O) groups is 2. The summed E-state index contributed by atoms with van der Waals surface area (Å²) < 4.78 is 41.4. The first-order valence-corrected chi connectivity index (χ1v) is 18.4. The van der Waals surface area contributed by atoms with Crippen molar-refractivity contribution in [1.29, 1.82) is 0 Å². The Morgan fingerprint density at radius 3 is 2.41 bits per heavy atom.